The summed E-state index contributed by atoms with van der Waals surface area (Å²) in [6, 6.07) is 1.68. The molecule has 0 aliphatic rings. The number of hydrogen-bond acceptors (Lipinski definition) is 5. The van der Waals surface area contributed by atoms with Crippen molar-refractivity contribution >= 4 is 11.7 Å². The molecule has 0 spiro atoms. The Morgan fingerprint density at radius 3 is 2.63 bits per heavy atom. The second-order valence-electron chi connectivity index (χ2n) is 5.37. The van der Waals surface area contributed by atoms with Crippen LogP contribution in [0.5, 0.6) is 5.88 Å². The fourth-order valence-corrected chi connectivity index (χ4v) is 1.62. The predicted molar refractivity (Wildman–Crippen MR) is 74.0 cm³/mol. The van der Waals surface area contributed by atoms with E-state index in [2.05, 4.69) is 4.98 Å². The van der Waals surface area contributed by atoms with Crippen molar-refractivity contribution < 1.29 is 14.3 Å². The first-order valence-electron chi connectivity index (χ1n) is 6.32. The van der Waals surface area contributed by atoms with Crippen molar-refractivity contribution in [3.05, 3.63) is 17.8 Å². The van der Waals surface area contributed by atoms with Crippen LogP contribution in [0, 0.1) is 0 Å². The lowest BCUT2D eigenvalue weighted by Gasteiger charge is -2.19. The van der Waals surface area contributed by atoms with E-state index in [1.807, 2.05) is 20.8 Å². The Morgan fingerprint density at radius 2 is 2.11 bits per heavy atom. The zero-order valence-electron chi connectivity index (χ0n) is 12.0. The number of carbonyl (C=O) groups excluding carboxylic acids is 1. The number of methoxy groups -OCH3 is 1. The van der Waals surface area contributed by atoms with Crippen LogP contribution in [0.1, 0.15) is 39.2 Å². The van der Waals surface area contributed by atoms with Gasteiger partial charge in [0.25, 0.3) is 0 Å². The lowest BCUT2D eigenvalue weighted by molar-refractivity contribution is -0.154. The van der Waals surface area contributed by atoms with Gasteiger partial charge in [-0.25, -0.2) is 4.98 Å². The lowest BCUT2D eigenvalue weighted by atomic mass is 10.1. The third-order valence-electron chi connectivity index (χ3n) is 2.45. The molecular weight excluding hydrogens is 244 g/mol. The van der Waals surface area contributed by atoms with Crippen molar-refractivity contribution in [1.29, 1.82) is 0 Å². The quantitative estimate of drug-likeness (QED) is 0.828. The summed E-state index contributed by atoms with van der Waals surface area (Å²) in [5, 5.41) is 0. The average molecular weight is 266 g/mol. The normalized spacial score (nSPS) is 11.2. The molecular formula is C14H22N2O3. The summed E-state index contributed by atoms with van der Waals surface area (Å²) in [5.41, 5.74) is 7.00. The molecule has 0 saturated carbocycles. The van der Waals surface area contributed by atoms with Gasteiger partial charge in [-0.15, -0.1) is 0 Å². The van der Waals surface area contributed by atoms with Crippen molar-refractivity contribution in [3.63, 3.8) is 0 Å². The van der Waals surface area contributed by atoms with Gasteiger partial charge < -0.3 is 15.2 Å². The third kappa shape index (κ3) is 5.59. The average Bonchev–Trinajstić information content (AvgIpc) is 2.28. The smallest absolute Gasteiger partial charge is 0.306 e. The summed E-state index contributed by atoms with van der Waals surface area (Å²) in [5.74, 6) is 0.306. The van der Waals surface area contributed by atoms with E-state index < -0.39 is 5.60 Å². The molecule has 1 aromatic heterocycles. The molecule has 2 N–H and O–H groups in total. The summed E-state index contributed by atoms with van der Waals surface area (Å²) >= 11 is 0. The molecule has 1 heterocycles. The number of aryl methyl sites for hydroxylation is 1. The summed E-state index contributed by atoms with van der Waals surface area (Å²) < 4.78 is 10.2. The number of rotatable bonds is 5. The fourth-order valence-electron chi connectivity index (χ4n) is 1.62. The molecule has 0 unspecified atom stereocenters. The Kier molecular flexibility index (Phi) is 5.15. The first kappa shape index (κ1) is 15.3. The summed E-state index contributed by atoms with van der Waals surface area (Å²) in [4.78, 5) is 15.6. The molecule has 0 aromatic carbocycles. The number of nitrogens with zero attached hydrogens (tertiary/aromatic N) is 1. The van der Waals surface area contributed by atoms with Crippen LogP contribution in [0.3, 0.4) is 0 Å². The van der Waals surface area contributed by atoms with Crippen molar-refractivity contribution in [1.82, 2.24) is 4.98 Å². The molecule has 1 rings (SSSR count). The molecule has 19 heavy (non-hydrogen) atoms. The van der Waals surface area contributed by atoms with Gasteiger partial charge in [0, 0.05) is 24.4 Å². The minimum Gasteiger partial charge on any atom is -0.481 e. The van der Waals surface area contributed by atoms with Crippen LogP contribution < -0.4 is 10.5 Å². The van der Waals surface area contributed by atoms with Gasteiger partial charge in [0.15, 0.2) is 0 Å². The van der Waals surface area contributed by atoms with Gasteiger partial charge in [-0.3, -0.25) is 4.79 Å². The van der Waals surface area contributed by atoms with E-state index in [4.69, 9.17) is 15.2 Å². The van der Waals surface area contributed by atoms with Crippen LogP contribution in [0.15, 0.2) is 12.3 Å². The standard InChI is InChI=1S/C14H22N2O3/c1-14(2,3)19-13(17)7-5-6-10-9-16-12(18-4)8-11(10)15/h8-9H,5-7H2,1-4H3,(H2,15,16). The number of carbonyl (C=O) groups is 1. The van der Waals surface area contributed by atoms with Gasteiger partial charge in [-0.2, -0.15) is 0 Å². The number of esters is 1. The molecule has 0 amide bonds. The molecule has 5 nitrogen and oxygen atoms in total. The number of hydrogen-bond donors (Lipinski definition) is 1. The monoisotopic (exact) mass is 266 g/mol. The fraction of sp³-hybridized carbons (Fsp3) is 0.571. The summed E-state index contributed by atoms with van der Waals surface area (Å²) in [7, 11) is 1.55. The highest BCUT2D eigenvalue weighted by molar-refractivity contribution is 5.69. The highest BCUT2D eigenvalue weighted by atomic mass is 16.6. The minimum atomic E-state index is -0.433. The van der Waals surface area contributed by atoms with Crippen LogP contribution in [0.25, 0.3) is 0 Å². The largest absolute Gasteiger partial charge is 0.481 e. The molecule has 1 aromatic rings. The van der Waals surface area contributed by atoms with E-state index >= 15 is 0 Å². The molecule has 106 valence electrons. The zero-order chi connectivity index (χ0) is 14.5. The van der Waals surface area contributed by atoms with E-state index in [0.717, 1.165) is 5.56 Å². The molecule has 0 bridgehead atoms. The summed E-state index contributed by atoms with van der Waals surface area (Å²) in [6.07, 6.45) is 3.45. The first-order chi connectivity index (χ1) is 8.81. The van der Waals surface area contributed by atoms with E-state index in [9.17, 15) is 4.79 Å². The van der Waals surface area contributed by atoms with Gasteiger partial charge in [0.1, 0.15) is 5.60 Å². The van der Waals surface area contributed by atoms with E-state index in [0.29, 0.717) is 30.8 Å². The Balaban J connectivity index is 2.43. The lowest BCUT2D eigenvalue weighted by Crippen LogP contribution is -2.23. The number of pyridine rings is 1. The summed E-state index contributed by atoms with van der Waals surface area (Å²) in [6.45, 7) is 5.57. The van der Waals surface area contributed by atoms with E-state index in [1.54, 1.807) is 19.4 Å². The van der Waals surface area contributed by atoms with Crippen molar-refractivity contribution in [2.75, 3.05) is 12.8 Å². The highest BCUT2D eigenvalue weighted by Crippen LogP contribution is 2.18. The van der Waals surface area contributed by atoms with Crippen molar-refractivity contribution in [2.45, 2.75) is 45.6 Å². The van der Waals surface area contributed by atoms with Crippen LogP contribution in [0.4, 0.5) is 5.69 Å². The van der Waals surface area contributed by atoms with E-state index in [-0.39, 0.29) is 5.97 Å². The molecule has 0 aliphatic carbocycles. The maximum Gasteiger partial charge on any atom is 0.306 e. The van der Waals surface area contributed by atoms with Crippen molar-refractivity contribution in [3.8, 4) is 5.88 Å². The molecule has 0 saturated heterocycles. The van der Waals surface area contributed by atoms with Crippen LogP contribution in [0.2, 0.25) is 0 Å². The maximum atomic E-state index is 11.5. The van der Waals surface area contributed by atoms with Crippen molar-refractivity contribution in [2.24, 2.45) is 0 Å². The van der Waals surface area contributed by atoms with Crippen LogP contribution in [-0.2, 0) is 16.0 Å². The van der Waals surface area contributed by atoms with Gasteiger partial charge in [0.2, 0.25) is 5.88 Å². The third-order valence-corrected chi connectivity index (χ3v) is 2.45. The number of anilines is 1. The topological polar surface area (TPSA) is 74.4 Å². The van der Waals surface area contributed by atoms with Crippen LogP contribution >= 0.6 is 0 Å². The maximum absolute atomic E-state index is 11.5. The molecule has 0 fully saturated rings. The minimum absolute atomic E-state index is 0.187. The van der Waals surface area contributed by atoms with E-state index in [1.165, 1.54) is 0 Å². The molecule has 0 radical (unpaired) electrons. The number of ether oxygens (including phenoxy) is 2. The zero-order valence-corrected chi connectivity index (χ0v) is 12.0. The number of aromatic nitrogens is 1. The number of nitrogen functional groups attached to an aromatic ring is 1. The van der Waals surface area contributed by atoms with Gasteiger partial charge in [-0.1, -0.05) is 0 Å². The van der Waals surface area contributed by atoms with Gasteiger partial charge >= 0.3 is 5.97 Å². The Hall–Kier alpha value is -1.78. The molecule has 5 heteroatoms. The second-order valence-corrected chi connectivity index (χ2v) is 5.37. The van der Waals surface area contributed by atoms with Gasteiger partial charge in [0.05, 0.1) is 7.11 Å². The Labute approximate surface area is 114 Å². The Morgan fingerprint density at radius 1 is 1.42 bits per heavy atom. The first-order valence-corrected chi connectivity index (χ1v) is 6.32. The predicted octanol–water partition coefficient (Wildman–Crippen LogP) is 2.34. The SMILES string of the molecule is COc1cc(N)c(CCCC(=O)OC(C)(C)C)cn1. The Bertz CT molecular complexity index is 439. The van der Waals surface area contributed by atoms with Crippen LogP contribution in [-0.4, -0.2) is 23.7 Å². The molecule has 0 atom stereocenters. The number of nitrogens with two attached hydrogens (primary N) is 1. The van der Waals surface area contributed by atoms with Gasteiger partial charge in [-0.05, 0) is 39.2 Å². The highest BCUT2D eigenvalue weighted by Gasteiger charge is 2.15. The molecule has 0 aliphatic heterocycles. The second kappa shape index (κ2) is 6.41.